The van der Waals surface area contributed by atoms with Crippen molar-refractivity contribution in [2.45, 2.75) is 23.6 Å². The second-order valence-electron chi connectivity index (χ2n) is 4.84. The summed E-state index contributed by atoms with van der Waals surface area (Å²) >= 11 is 1.40. The van der Waals surface area contributed by atoms with Gasteiger partial charge in [-0.2, -0.15) is 0 Å². The summed E-state index contributed by atoms with van der Waals surface area (Å²) in [5, 5.41) is 11.7. The third-order valence-electron chi connectivity index (χ3n) is 3.16. The number of ether oxygens (including phenoxy) is 1. The molecule has 1 aromatic carbocycles. The largest absolute Gasteiger partial charge is 0.480 e. The molecule has 0 aliphatic carbocycles. The van der Waals surface area contributed by atoms with Crippen LogP contribution in [0.5, 0.6) is 0 Å². The van der Waals surface area contributed by atoms with E-state index in [0.29, 0.717) is 12.3 Å². The van der Waals surface area contributed by atoms with Crippen LogP contribution in [0.4, 0.5) is 5.69 Å². The zero-order valence-corrected chi connectivity index (χ0v) is 13.5. The molecule has 23 heavy (non-hydrogen) atoms. The Morgan fingerprint density at radius 2 is 2.17 bits per heavy atom. The summed E-state index contributed by atoms with van der Waals surface area (Å²) < 4.78 is 4.85. The van der Waals surface area contributed by atoms with Crippen LogP contribution in [0.1, 0.15) is 13.3 Å². The maximum Gasteiger partial charge on any atom is 0.323 e. The molecular formula is C15H18N2O5S. The van der Waals surface area contributed by atoms with Gasteiger partial charge in [0.1, 0.15) is 6.54 Å². The van der Waals surface area contributed by atoms with Crippen molar-refractivity contribution in [3.8, 4) is 0 Å². The number of carboxylic acid groups (broad SMARTS) is 1. The normalized spacial score (nSPS) is 17.3. The highest BCUT2D eigenvalue weighted by Gasteiger charge is 2.29. The van der Waals surface area contributed by atoms with Crippen molar-refractivity contribution in [2.24, 2.45) is 0 Å². The second-order valence-corrected chi connectivity index (χ2v) is 6.08. The SMILES string of the molecule is CCOC(=O)CN[C@H]1CC(=O)N(CC(=O)O)c2ccccc2S1. The summed E-state index contributed by atoms with van der Waals surface area (Å²) in [7, 11) is 0. The van der Waals surface area contributed by atoms with Crippen molar-refractivity contribution in [1.29, 1.82) is 0 Å². The molecule has 124 valence electrons. The van der Waals surface area contributed by atoms with Gasteiger partial charge >= 0.3 is 11.9 Å². The predicted octanol–water partition coefficient (Wildman–Crippen LogP) is 1.08. The van der Waals surface area contributed by atoms with Crippen LogP contribution in [-0.4, -0.2) is 48.0 Å². The number of carbonyl (C=O) groups is 3. The van der Waals surface area contributed by atoms with E-state index in [1.165, 1.54) is 16.7 Å². The predicted molar refractivity (Wildman–Crippen MR) is 85.3 cm³/mol. The maximum absolute atomic E-state index is 12.4. The molecule has 0 radical (unpaired) electrons. The number of rotatable bonds is 6. The van der Waals surface area contributed by atoms with Crippen LogP contribution < -0.4 is 10.2 Å². The number of aliphatic carboxylic acids is 1. The van der Waals surface area contributed by atoms with Gasteiger partial charge in [0.15, 0.2) is 0 Å². The third kappa shape index (κ3) is 4.70. The van der Waals surface area contributed by atoms with Gasteiger partial charge in [0, 0.05) is 4.90 Å². The molecule has 1 aliphatic rings. The van der Waals surface area contributed by atoms with E-state index in [1.807, 2.05) is 12.1 Å². The molecule has 1 atom stereocenters. The van der Waals surface area contributed by atoms with Gasteiger partial charge < -0.3 is 9.84 Å². The van der Waals surface area contributed by atoms with Crippen LogP contribution >= 0.6 is 11.8 Å². The topological polar surface area (TPSA) is 95.9 Å². The third-order valence-corrected chi connectivity index (χ3v) is 4.38. The van der Waals surface area contributed by atoms with E-state index in [9.17, 15) is 14.4 Å². The summed E-state index contributed by atoms with van der Waals surface area (Å²) in [6.45, 7) is 1.63. The Kier molecular flexibility index (Phi) is 6.00. The van der Waals surface area contributed by atoms with E-state index in [4.69, 9.17) is 9.84 Å². The number of hydrogen-bond acceptors (Lipinski definition) is 6. The summed E-state index contributed by atoms with van der Waals surface area (Å²) in [5.41, 5.74) is 0.574. The van der Waals surface area contributed by atoms with Crippen LogP contribution in [0.2, 0.25) is 0 Å². The molecule has 0 saturated heterocycles. The van der Waals surface area contributed by atoms with Crippen LogP contribution in [0.15, 0.2) is 29.2 Å². The number of fused-ring (bicyclic) bond motifs is 1. The lowest BCUT2D eigenvalue weighted by Gasteiger charge is -2.20. The molecule has 1 aliphatic heterocycles. The number of carboxylic acids is 1. The molecule has 2 N–H and O–H groups in total. The maximum atomic E-state index is 12.4. The molecule has 0 aromatic heterocycles. The van der Waals surface area contributed by atoms with Crippen molar-refractivity contribution in [2.75, 3.05) is 24.6 Å². The minimum atomic E-state index is -1.07. The molecule has 0 saturated carbocycles. The zero-order chi connectivity index (χ0) is 16.8. The fourth-order valence-electron chi connectivity index (χ4n) is 2.21. The number of amides is 1. The molecule has 0 unspecified atom stereocenters. The van der Waals surface area contributed by atoms with Gasteiger partial charge in [-0.1, -0.05) is 12.1 Å². The molecule has 0 bridgehead atoms. The van der Waals surface area contributed by atoms with Crippen molar-refractivity contribution in [3.05, 3.63) is 24.3 Å². The highest BCUT2D eigenvalue weighted by molar-refractivity contribution is 8.00. The first-order chi connectivity index (χ1) is 11.0. The molecule has 0 spiro atoms. The first-order valence-electron chi connectivity index (χ1n) is 7.18. The number of hydrogen-bond donors (Lipinski definition) is 2. The van der Waals surface area contributed by atoms with Crippen molar-refractivity contribution in [3.63, 3.8) is 0 Å². The molecular weight excluding hydrogens is 320 g/mol. The number of carbonyl (C=O) groups excluding carboxylic acids is 2. The summed E-state index contributed by atoms with van der Waals surface area (Å²) in [6, 6.07) is 7.13. The summed E-state index contributed by atoms with van der Waals surface area (Å²) in [4.78, 5) is 36.9. The number of thioether (sulfide) groups is 1. The fraction of sp³-hybridized carbons (Fsp3) is 0.400. The molecule has 0 fully saturated rings. The lowest BCUT2D eigenvalue weighted by atomic mass is 10.2. The molecule has 1 amide bonds. The fourth-order valence-corrected chi connectivity index (χ4v) is 3.36. The molecule has 2 rings (SSSR count). The van der Waals surface area contributed by atoms with Crippen LogP contribution in [0, 0.1) is 0 Å². The Labute approximate surface area is 138 Å². The number of esters is 1. The lowest BCUT2D eigenvalue weighted by molar-refractivity contribution is -0.142. The lowest BCUT2D eigenvalue weighted by Crippen LogP contribution is -2.39. The smallest absolute Gasteiger partial charge is 0.323 e. The summed E-state index contributed by atoms with van der Waals surface area (Å²) in [6.07, 6.45) is 0.0893. The van der Waals surface area contributed by atoms with Crippen molar-refractivity contribution in [1.82, 2.24) is 5.32 Å². The van der Waals surface area contributed by atoms with Gasteiger partial charge in [0.25, 0.3) is 0 Å². The van der Waals surface area contributed by atoms with Gasteiger partial charge in [0.2, 0.25) is 5.91 Å². The van der Waals surface area contributed by atoms with Gasteiger partial charge in [-0.15, -0.1) is 11.8 Å². The Balaban J connectivity index is 2.15. The van der Waals surface area contributed by atoms with E-state index in [-0.39, 0.29) is 36.8 Å². The average Bonchev–Trinajstić information content (AvgIpc) is 2.63. The highest BCUT2D eigenvalue weighted by atomic mass is 32.2. The van der Waals surface area contributed by atoms with Gasteiger partial charge in [0.05, 0.1) is 30.6 Å². The molecule has 1 aromatic rings. The van der Waals surface area contributed by atoms with Gasteiger partial charge in [-0.05, 0) is 19.1 Å². The number of nitrogens with zero attached hydrogens (tertiary/aromatic N) is 1. The van der Waals surface area contributed by atoms with E-state index in [2.05, 4.69) is 5.32 Å². The van der Waals surface area contributed by atoms with Crippen LogP contribution in [0.3, 0.4) is 0 Å². The number of anilines is 1. The van der Waals surface area contributed by atoms with E-state index < -0.39 is 5.97 Å². The van der Waals surface area contributed by atoms with Crippen molar-refractivity contribution >= 4 is 35.3 Å². The van der Waals surface area contributed by atoms with Crippen LogP contribution in [-0.2, 0) is 19.1 Å². The zero-order valence-electron chi connectivity index (χ0n) is 12.7. The van der Waals surface area contributed by atoms with Crippen molar-refractivity contribution < 1.29 is 24.2 Å². The van der Waals surface area contributed by atoms with Gasteiger partial charge in [-0.25, -0.2) is 0 Å². The minimum Gasteiger partial charge on any atom is -0.480 e. The Morgan fingerprint density at radius 3 is 2.87 bits per heavy atom. The Hall–Kier alpha value is -2.06. The number of para-hydroxylation sites is 1. The molecule has 8 heteroatoms. The number of benzene rings is 1. The van der Waals surface area contributed by atoms with E-state index >= 15 is 0 Å². The summed E-state index contributed by atoms with van der Waals surface area (Å²) in [5.74, 6) is -1.76. The Morgan fingerprint density at radius 1 is 1.43 bits per heavy atom. The first-order valence-corrected chi connectivity index (χ1v) is 8.06. The standard InChI is InChI=1S/C15H18N2O5S/c1-2-22-15(21)8-16-12-7-13(18)17(9-14(19)20)10-5-3-4-6-11(10)23-12/h3-6,12,16H,2,7-9H2,1H3,(H,19,20)/t12-/m1/s1. The second kappa shape index (κ2) is 7.98. The molecule has 1 heterocycles. The number of nitrogens with one attached hydrogen (secondary N) is 1. The monoisotopic (exact) mass is 338 g/mol. The molecule has 7 nitrogen and oxygen atoms in total. The quantitative estimate of drug-likeness (QED) is 0.749. The van der Waals surface area contributed by atoms with E-state index in [0.717, 1.165) is 4.90 Å². The van der Waals surface area contributed by atoms with Crippen LogP contribution in [0.25, 0.3) is 0 Å². The highest BCUT2D eigenvalue weighted by Crippen LogP contribution is 2.36. The van der Waals surface area contributed by atoms with E-state index in [1.54, 1.807) is 19.1 Å². The Bertz CT molecular complexity index is 607. The minimum absolute atomic E-state index is 0.000115. The first kappa shape index (κ1) is 17.3. The van der Waals surface area contributed by atoms with Gasteiger partial charge in [-0.3, -0.25) is 24.6 Å². The average molecular weight is 338 g/mol.